The highest BCUT2D eigenvalue weighted by Gasteiger charge is 2.15. The third-order valence-electron chi connectivity index (χ3n) is 3.43. The average molecular weight is 335 g/mol. The molecule has 0 N–H and O–H groups in total. The largest absolute Gasteiger partial charge is 0.496 e. The van der Waals surface area contributed by atoms with Crippen LogP contribution in [0.3, 0.4) is 0 Å². The van der Waals surface area contributed by atoms with Gasteiger partial charge in [0.2, 0.25) is 0 Å². The van der Waals surface area contributed by atoms with Gasteiger partial charge in [-0.3, -0.25) is 4.79 Å². The van der Waals surface area contributed by atoms with Gasteiger partial charge in [0.1, 0.15) is 5.75 Å². The minimum atomic E-state index is 0.174. The Morgan fingerprint density at radius 2 is 1.90 bits per heavy atom. The summed E-state index contributed by atoms with van der Waals surface area (Å²) in [7, 11) is 1.62. The van der Waals surface area contributed by atoms with Crippen LogP contribution in [0.5, 0.6) is 5.75 Å². The first kappa shape index (κ1) is 15.0. The van der Waals surface area contributed by atoms with E-state index in [0.717, 1.165) is 40.9 Å². The van der Waals surface area contributed by atoms with Crippen molar-refractivity contribution in [3.63, 3.8) is 0 Å². The van der Waals surface area contributed by atoms with E-state index in [-0.39, 0.29) is 5.78 Å². The summed E-state index contributed by atoms with van der Waals surface area (Å²) in [5.41, 5.74) is 0.726. The van der Waals surface area contributed by atoms with Crippen molar-refractivity contribution in [2.45, 2.75) is 25.7 Å². The molecule has 2 aromatic carbocycles. The number of benzene rings is 2. The summed E-state index contributed by atoms with van der Waals surface area (Å²) < 4.78 is 5.37. The molecule has 0 saturated heterocycles. The van der Waals surface area contributed by atoms with Gasteiger partial charge in [0.05, 0.1) is 12.7 Å². The van der Waals surface area contributed by atoms with Crippen LogP contribution in [0.25, 0.3) is 10.8 Å². The zero-order valence-corrected chi connectivity index (χ0v) is 13.3. The topological polar surface area (TPSA) is 26.3 Å². The molecule has 0 spiro atoms. The molecule has 0 aliphatic rings. The van der Waals surface area contributed by atoms with Crippen LogP contribution in [0.4, 0.5) is 0 Å². The van der Waals surface area contributed by atoms with Gasteiger partial charge in [-0.15, -0.1) is 0 Å². The number of carbonyl (C=O) groups excluding carboxylic acids is 1. The summed E-state index contributed by atoms with van der Waals surface area (Å²) in [6.45, 7) is 0. The Morgan fingerprint density at radius 1 is 1.10 bits per heavy atom. The summed E-state index contributed by atoms with van der Waals surface area (Å²) in [4.78, 5) is 12.5. The van der Waals surface area contributed by atoms with E-state index >= 15 is 0 Å². The fraction of sp³-hybridized carbons (Fsp3) is 0.353. The van der Waals surface area contributed by atoms with Gasteiger partial charge in [0.25, 0.3) is 0 Å². The van der Waals surface area contributed by atoms with E-state index in [9.17, 15) is 4.79 Å². The van der Waals surface area contributed by atoms with Crippen LogP contribution >= 0.6 is 15.9 Å². The lowest BCUT2D eigenvalue weighted by Gasteiger charge is -2.11. The predicted molar refractivity (Wildman–Crippen MR) is 87.1 cm³/mol. The maximum absolute atomic E-state index is 12.5. The van der Waals surface area contributed by atoms with Crippen LogP contribution in [0.15, 0.2) is 36.4 Å². The highest BCUT2D eigenvalue weighted by atomic mass is 79.9. The SMILES string of the molecule is COc1ccc2ccccc2c1C(=O)CCCCCBr. The molecule has 0 fully saturated rings. The molecular formula is C17H19BrO2. The Morgan fingerprint density at radius 3 is 2.65 bits per heavy atom. The first-order valence-electron chi connectivity index (χ1n) is 6.93. The van der Waals surface area contributed by atoms with E-state index in [2.05, 4.69) is 15.9 Å². The van der Waals surface area contributed by atoms with Crippen molar-refractivity contribution in [2.75, 3.05) is 12.4 Å². The highest BCUT2D eigenvalue weighted by Crippen LogP contribution is 2.29. The molecule has 0 amide bonds. The number of hydrogen-bond donors (Lipinski definition) is 0. The molecule has 0 atom stereocenters. The fourth-order valence-electron chi connectivity index (χ4n) is 2.39. The molecule has 0 unspecified atom stereocenters. The quantitative estimate of drug-likeness (QED) is 0.405. The molecule has 0 bridgehead atoms. The van der Waals surface area contributed by atoms with Crippen LogP contribution < -0.4 is 4.74 Å². The zero-order valence-electron chi connectivity index (χ0n) is 11.7. The van der Waals surface area contributed by atoms with Crippen molar-refractivity contribution in [1.29, 1.82) is 0 Å². The molecule has 0 radical (unpaired) electrons. The van der Waals surface area contributed by atoms with Gasteiger partial charge in [-0.25, -0.2) is 0 Å². The number of ketones is 1. The lowest BCUT2D eigenvalue weighted by atomic mass is 9.97. The van der Waals surface area contributed by atoms with Crippen LogP contribution in [0, 0.1) is 0 Å². The Kier molecular flexibility index (Phi) is 5.60. The monoisotopic (exact) mass is 334 g/mol. The van der Waals surface area contributed by atoms with Crippen molar-refractivity contribution in [1.82, 2.24) is 0 Å². The van der Waals surface area contributed by atoms with Gasteiger partial charge in [0.15, 0.2) is 5.78 Å². The van der Waals surface area contributed by atoms with Crippen LogP contribution in [-0.4, -0.2) is 18.2 Å². The average Bonchev–Trinajstić information content (AvgIpc) is 2.50. The first-order valence-corrected chi connectivity index (χ1v) is 8.05. The van der Waals surface area contributed by atoms with E-state index in [4.69, 9.17) is 4.74 Å². The number of hydrogen-bond acceptors (Lipinski definition) is 2. The molecule has 2 rings (SSSR count). The highest BCUT2D eigenvalue weighted by molar-refractivity contribution is 9.09. The van der Waals surface area contributed by atoms with Crippen LogP contribution in [0.1, 0.15) is 36.0 Å². The molecule has 106 valence electrons. The molecule has 20 heavy (non-hydrogen) atoms. The minimum absolute atomic E-state index is 0.174. The van der Waals surface area contributed by atoms with Crippen molar-refractivity contribution >= 4 is 32.5 Å². The second-order valence-electron chi connectivity index (χ2n) is 4.79. The number of carbonyl (C=O) groups is 1. The summed E-state index contributed by atoms with van der Waals surface area (Å²) in [6, 6.07) is 11.8. The smallest absolute Gasteiger partial charge is 0.167 e. The van der Waals surface area contributed by atoms with Gasteiger partial charge in [-0.1, -0.05) is 52.7 Å². The summed E-state index contributed by atoms with van der Waals surface area (Å²) in [5.74, 6) is 0.849. The second-order valence-corrected chi connectivity index (χ2v) is 5.58. The van der Waals surface area contributed by atoms with Crippen molar-refractivity contribution < 1.29 is 9.53 Å². The summed E-state index contributed by atoms with van der Waals surface area (Å²) >= 11 is 3.41. The number of alkyl halides is 1. The fourth-order valence-corrected chi connectivity index (χ4v) is 2.79. The molecule has 0 aliphatic heterocycles. The number of rotatable bonds is 7. The molecule has 0 heterocycles. The molecule has 0 aromatic heterocycles. The van der Waals surface area contributed by atoms with Gasteiger partial charge in [-0.2, -0.15) is 0 Å². The third-order valence-corrected chi connectivity index (χ3v) is 3.99. The van der Waals surface area contributed by atoms with E-state index in [1.165, 1.54) is 0 Å². The Bertz CT molecular complexity index is 593. The van der Waals surface area contributed by atoms with E-state index in [1.54, 1.807) is 7.11 Å². The number of Topliss-reactive ketones (excluding diaryl/α,β-unsaturated/α-hetero) is 1. The molecule has 2 nitrogen and oxygen atoms in total. The minimum Gasteiger partial charge on any atom is -0.496 e. The maximum Gasteiger partial charge on any atom is 0.167 e. The van der Waals surface area contributed by atoms with E-state index in [1.807, 2.05) is 36.4 Å². The van der Waals surface area contributed by atoms with E-state index < -0.39 is 0 Å². The van der Waals surface area contributed by atoms with Gasteiger partial charge < -0.3 is 4.74 Å². The molecular weight excluding hydrogens is 316 g/mol. The predicted octanol–water partition coefficient (Wildman–Crippen LogP) is 4.99. The molecule has 0 saturated carbocycles. The number of methoxy groups -OCH3 is 1. The Hall–Kier alpha value is -1.35. The molecule has 0 aliphatic carbocycles. The van der Waals surface area contributed by atoms with E-state index in [0.29, 0.717) is 12.2 Å². The lowest BCUT2D eigenvalue weighted by molar-refractivity contribution is 0.0978. The van der Waals surface area contributed by atoms with Crippen molar-refractivity contribution in [3.8, 4) is 5.75 Å². The number of unbranched alkanes of at least 4 members (excludes halogenated alkanes) is 2. The van der Waals surface area contributed by atoms with Gasteiger partial charge >= 0.3 is 0 Å². The van der Waals surface area contributed by atoms with Crippen molar-refractivity contribution in [3.05, 3.63) is 42.0 Å². The molecule has 2 aromatic rings. The number of ether oxygens (including phenoxy) is 1. The zero-order chi connectivity index (χ0) is 14.4. The second kappa shape index (κ2) is 7.44. The Balaban J connectivity index is 2.28. The molecule has 3 heteroatoms. The summed E-state index contributed by atoms with van der Waals surface area (Å²) in [5, 5.41) is 3.06. The third kappa shape index (κ3) is 3.40. The van der Waals surface area contributed by atoms with Gasteiger partial charge in [-0.05, 0) is 29.7 Å². The lowest BCUT2D eigenvalue weighted by Crippen LogP contribution is -2.03. The maximum atomic E-state index is 12.5. The van der Waals surface area contributed by atoms with Crippen molar-refractivity contribution in [2.24, 2.45) is 0 Å². The van der Waals surface area contributed by atoms with Crippen LogP contribution in [-0.2, 0) is 0 Å². The first-order chi connectivity index (χ1) is 9.77. The van der Waals surface area contributed by atoms with Crippen LogP contribution in [0.2, 0.25) is 0 Å². The summed E-state index contributed by atoms with van der Waals surface area (Å²) in [6.07, 6.45) is 3.69. The standard InChI is InChI=1S/C17H19BrO2/c1-20-16-11-10-13-7-4-5-8-14(13)17(16)15(19)9-3-2-6-12-18/h4-5,7-8,10-11H,2-3,6,9,12H2,1H3. The van der Waals surface area contributed by atoms with Gasteiger partial charge in [0, 0.05) is 11.8 Å². The normalized spacial score (nSPS) is 10.7. The number of fused-ring (bicyclic) bond motifs is 1. The number of halogens is 1. The Labute approximate surface area is 128 Å².